The van der Waals surface area contributed by atoms with Gasteiger partial charge in [0.05, 0.1) is 12.5 Å². The number of aliphatic carboxylic acids is 1. The van der Waals surface area contributed by atoms with Crippen molar-refractivity contribution in [3.8, 4) is 0 Å². The van der Waals surface area contributed by atoms with E-state index in [1.54, 1.807) is 13.0 Å². The molecular weight excluding hydrogens is 371 g/mol. The summed E-state index contributed by atoms with van der Waals surface area (Å²) in [6.45, 7) is 4.50. The first-order valence-corrected chi connectivity index (χ1v) is 8.85. The monoisotopic (exact) mass is 396 g/mol. The average Bonchev–Trinajstić information content (AvgIpc) is 2.60. The minimum Gasteiger partial charge on any atom is -0.480 e. The van der Waals surface area contributed by atoms with Crippen LogP contribution < -0.4 is 10.6 Å². The van der Waals surface area contributed by atoms with Crippen molar-refractivity contribution >= 4 is 23.8 Å². The molecule has 0 aromatic heterocycles. The summed E-state index contributed by atoms with van der Waals surface area (Å²) >= 11 is 0. The van der Waals surface area contributed by atoms with Crippen LogP contribution in [0.25, 0.3) is 0 Å². The van der Waals surface area contributed by atoms with E-state index in [1.807, 2.05) is 0 Å². The molecule has 1 rings (SSSR count). The lowest BCUT2D eigenvalue weighted by Gasteiger charge is -2.22. The molecular formula is C19H25FN2O6. The molecule has 0 saturated heterocycles. The van der Waals surface area contributed by atoms with Crippen LogP contribution in [0, 0.1) is 11.7 Å². The first-order valence-electron chi connectivity index (χ1n) is 8.85. The highest BCUT2D eigenvalue weighted by Gasteiger charge is 2.29. The van der Waals surface area contributed by atoms with Crippen LogP contribution in [-0.4, -0.2) is 47.6 Å². The molecule has 0 aliphatic carbocycles. The van der Waals surface area contributed by atoms with Gasteiger partial charge in [-0.1, -0.05) is 19.1 Å². The van der Waals surface area contributed by atoms with E-state index in [0.717, 1.165) is 0 Å². The first-order chi connectivity index (χ1) is 13.1. The van der Waals surface area contributed by atoms with Crippen molar-refractivity contribution in [2.75, 3.05) is 6.61 Å². The fourth-order valence-electron chi connectivity index (χ4n) is 2.58. The number of carbonyl (C=O) groups excluding carboxylic acids is 3. The van der Waals surface area contributed by atoms with Crippen molar-refractivity contribution in [3.63, 3.8) is 0 Å². The number of carboxylic acid groups (broad SMARTS) is 1. The minimum atomic E-state index is -1.35. The Morgan fingerprint density at radius 1 is 1.18 bits per heavy atom. The van der Waals surface area contributed by atoms with Gasteiger partial charge < -0.3 is 20.5 Å². The Kier molecular flexibility index (Phi) is 9.07. The van der Waals surface area contributed by atoms with Crippen LogP contribution in [0.4, 0.5) is 4.39 Å². The number of halogens is 1. The summed E-state index contributed by atoms with van der Waals surface area (Å²) in [6.07, 6.45) is -0.199. The van der Waals surface area contributed by atoms with Crippen LogP contribution in [0.5, 0.6) is 0 Å². The summed E-state index contributed by atoms with van der Waals surface area (Å²) in [5.74, 6) is -4.38. The molecule has 0 bridgehead atoms. The van der Waals surface area contributed by atoms with Gasteiger partial charge in [0, 0.05) is 13.3 Å². The SMILES string of the molecule is CCOC(=O)[C@@H](C)C[C@H](NC(=O)[C@H](Cc1cccc(F)c1)NC(C)=O)C(=O)O. The third-order valence-corrected chi connectivity index (χ3v) is 3.92. The summed E-state index contributed by atoms with van der Waals surface area (Å²) < 4.78 is 18.2. The summed E-state index contributed by atoms with van der Waals surface area (Å²) in [6, 6.07) is 3.07. The molecule has 2 amide bonds. The molecule has 0 heterocycles. The van der Waals surface area contributed by atoms with Crippen LogP contribution >= 0.6 is 0 Å². The zero-order valence-electron chi connectivity index (χ0n) is 16.0. The second kappa shape index (κ2) is 11.0. The lowest BCUT2D eigenvalue weighted by molar-refractivity contribution is -0.149. The van der Waals surface area contributed by atoms with Crippen LogP contribution in [0.3, 0.4) is 0 Å². The topological polar surface area (TPSA) is 122 Å². The predicted octanol–water partition coefficient (Wildman–Crippen LogP) is 1.03. The smallest absolute Gasteiger partial charge is 0.326 e. The number of ether oxygens (including phenoxy) is 1. The molecule has 3 N–H and O–H groups in total. The van der Waals surface area contributed by atoms with Crippen LogP contribution in [0.2, 0.25) is 0 Å². The Hall–Kier alpha value is -2.97. The molecule has 1 aromatic carbocycles. The second-order valence-corrected chi connectivity index (χ2v) is 6.38. The standard InChI is InChI=1S/C19H25FN2O6/c1-4-28-19(27)11(2)8-16(18(25)26)22-17(24)15(21-12(3)23)10-13-6-5-7-14(20)9-13/h5-7,9,11,15-16H,4,8,10H2,1-3H3,(H,21,23)(H,22,24)(H,25,26)/t11-,15-,16-/m0/s1. The lowest BCUT2D eigenvalue weighted by Crippen LogP contribution is -2.52. The Morgan fingerprint density at radius 2 is 1.86 bits per heavy atom. The van der Waals surface area contributed by atoms with E-state index in [4.69, 9.17) is 4.74 Å². The third-order valence-electron chi connectivity index (χ3n) is 3.92. The number of carboxylic acids is 1. The van der Waals surface area contributed by atoms with E-state index in [9.17, 15) is 28.7 Å². The van der Waals surface area contributed by atoms with Crippen molar-refractivity contribution < 1.29 is 33.4 Å². The van der Waals surface area contributed by atoms with Crippen LogP contribution in [0.1, 0.15) is 32.8 Å². The number of benzene rings is 1. The van der Waals surface area contributed by atoms with Gasteiger partial charge in [-0.15, -0.1) is 0 Å². The highest BCUT2D eigenvalue weighted by molar-refractivity contribution is 5.90. The molecule has 9 heteroatoms. The quantitative estimate of drug-likeness (QED) is 0.508. The summed E-state index contributed by atoms with van der Waals surface area (Å²) in [7, 11) is 0. The highest BCUT2D eigenvalue weighted by Crippen LogP contribution is 2.11. The molecule has 0 radical (unpaired) electrons. The van der Waals surface area contributed by atoms with E-state index < -0.39 is 47.6 Å². The van der Waals surface area contributed by atoms with Gasteiger partial charge in [-0.2, -0.15) is 0 Å². The zero-order chi connectivity index (χ0) is 21.3. The van der Waals surface area contributed by atoms with Gasteiger partial charge in [0.15, 0.2) is 0 Å². The summed E-state index contributed by atoms with van der Waals surface area (Å²) in [5, 5.41) is 14.1. The molecule has 0 fully saturated rings. The van der Waals surface area contributed by atoms with Gasteiger partial charge in [0.25, 0.3) is 0 Å². The van der Waals surface area contributed by atoms with Gasteiger partial charge in [-0.25, -0.2) is 9.18 Å². The van der Waals surface area contributed by atoms with E-state index >= 15 is 0 Å². The third kappa shape index (κ3) is 7.73. The Bertz CT molecular complexity index is 724. The largest absolute Gasteiger partial charge is 0.480 e. The van der Waals surface area contributed by atoms with E-state index in [0.29, 0.717) is 5.56 Å². The van der Waals surface area contributed by atoms with Gasteiger partial charge in [-0.05, 0) is 31.0 Å². The van der Waals surface area contributed by atoms with E-state index in [2.05, 4.69) is 10.6 Å². The molecule has 8 nitrogen and oxygen atoms in total. The number of hydrogen-bond acceptors (Lipinski definition) is 5. The minimum absolute atomic E-state index is 0.0249. The van der Waals surface area contributed by atoms with Crippen molar-refractivity contribution in [2.24, 2.45) is 5.92 Å². The molecule has 0 aliphatic rings. The van der Waals surface area contributed by atoms with Gasteiger partial charge in [0.1, 0.15) is 17.9 Å². The first kappa shape index (κ1) is 23.1. The number of rotatable bonds is 10. The molecule has 28 heavy (non-hydrogen) atoms. The van der Waals surface area contributed by atoms with Crippen LogP contribution in [-0.2, 0) is 30.3 Å². The maximum atomic E-state index is 13.4. The molecule has 0 aliphatic heterocycles. The van der Waals surface area contributed by atoms with Gasteiger partial charge >= 0.3 is 11.9 Å². The molecule has 1 aromatic rings. The number of hydrogen-bond donors (Lipinski definition) is 3. The Labute approximate surface area is 162 Å². The fourth-order valence-corrected chi connectivity index (χ4v) is 2.58. The van der Waals surface area contributed by atoms with Crippen molar-refractivity contribution in [1.82, 2.24) is 10.6 Å². The zero-order valence-corrected chi connectivity index (χ0v) is 16.0. The van der Waals surface area contributed by atoms with Crippen molar-refractivity contribution in [2.45, 2.75) is 45.7 Å². The normalized spacial score (nSPS) is 13.7. The number of esters is 1. The fraction of sp³-hybridized carbons (Fsp3) is 0.474. The number of amides is 2. The van der Waals surface area contributed by atoms with Crippen molar-refractivity contribution in [3.05, 3.63) is 35.6 Å². The average molecular weight is 396 g/mol. The maximum Gasteiger partial charge on any atom is 0.326 e. The van der Waals surface area contributed by atoms with E-state index in [-0.39, 0.29) is 19.4 Å². The lowest BCUT2D eigenvalue weighted by atomic mass is 10.0. The molecule has 0 saturated carbocycles. The summed E-state index contributed by atoms with van der Waals surface area (Å²) in [5.41, 5.74) is 0.459. The number of nitrogens with one attached hydrogen (secondary N) is 2. The Morgan fingerprint density at radius 3 is 2.39 bits per heavy atom. The second-order valence-electron chi connectivity index (χ2n) is 6.38. The van der Waals surface area contributed by atoms with E-state index in [1.165, 1.54) is 32.0 Å². The molecule has 0 spiro atoms. The van der Waals surface area contributed by atoms with Gasteiger partial charge in [-0.3, -0.25) is 14.4 Å². The summed E-state index contributed by atoms with van der Waals surface area (Å²) in [4.78, 5) is 47.2. The highest BCUT2D eigenvalue weighted by atomic mass is 19.1. The number of carbonyl (C=O) groups is 4. The van der Waals surface area contributed by atoms with Crippen LogP contribution in [0.15, 0.2) is 24.3 Å². The Balaban J connectivity index is 2.88. The molecule has 154 valence electrons. The predicted molar refractivity (Wildman–Crippen MR) is 97.7 cm³/mol. The molecule has 3 atom stereocenters. The van der Waals surface area contributed by atoms with Crippen molar-refractivity contribution in [1.29, 1.82) is 0 Å². The maximum absolute atomic E-state index is 13.4. The molecule has 0 unspecified atom stereocenters. The van der Waals surface area contributed by atoms with Gasteiger partial charge in [0.2, 0.25) is 11.8 Å².